The van der Waals surface area contributed by atoms with E-state index in [1.165, 1.54) is 6.07 Å². The molecule has 2 rings (SSSR count). The van der Waals surface area contributed by atoms with Crippen molar-refractivity contribution in [3.63, 3.8) is 0 Å². The third-order valence-corrected chi connectivity index (χ3v) is 3.32. The molecule has 0 radical (unpaired) electrons. The highest BCUT2D eigenvalue weighted by molar-refractivity contribution is 6.31. The molecule has 4 N–H and O–H groups in total. The molecule has 21 heavy (non-hydrogen) atoms. The molecule has 2 aromatic rings. The molecule has 0 amide bonds. The van der Waals surface area contributed by atoms with Crippen LogP contribution in [0, 0.1) is 5.82 Å². The van der Waals surface area contributed by atoms with Gasteiger partial charge in [0.15, 0.2) is 5.82 Å². The Hall–Kier alpha value is -2.27. The maximum Gasteiger partial charge on any atom is 0.164 e. The average molecular weight is 308 g/mol. The van der Waals surface area contributed by atoms with Crippen LogP contribution in [0.5, 0.6) is 0 Å². The molecular weight excluding hydrogens is 293 g/mol. The topological polar surface area (TPSA) is 70.6 Å². The zero-order valence-electron chi connectivity index (χ0n) is 11.1. The van der Waals surface area contributed by atoms with Gasteiger partial charge in [0.05, 0.1) is 16.8 Å². The molecule has 0 saturated carbocycles. The van der Waals surface area contributed by atoms with Crippen molar-refractivity contribution in [2.75, 3.05) is 5.32 Å². The van der Waals surface area contributed by atoms with Crippen molar-refractivity contribution < 1.29 is 9.60 Å². The van der Waals surface area contributed by atoms with E-state index in [0.717, 1.165) is 5.56 Å². The maximum absolute atomic E-state index is 14.0. The van der Waals surface area contributed by atoms with E-state index in [4.69, 9.17) is 22.5 Å². The minimum atomic E-state index is -0.528. The quantitative estimate of drug-likeness (QED) is 0.341. The van der Waals surface area contributed by atoms with Crippen molar-refractivity contribution in [3.05, 3.63) is 64.9 Å². The molecule has 0 saturated heterocycles. The van der Waals surface area contributed by atoms with Gasteiger partial charge >= 0.3 is 0 Å². The second kappa shape index (κ2) is 6.95. The highest BCUT2D eigenvalue weighted by Gasteiger charge is 2.16. The van der Waals surface area contributed by atoms with Crippen molar-refractivity contribution in [2.24, 2.45) is 10.9 Å². The molecule has 0 aliphatic carbocycles. The minimum absolute atomic E-state index is 0.0376. The van der Waals surface area contributed by atoms with E-state index < -0.39 is 5.82 Å². The number of amidine groups is 1. The van der Waals surface area contributed by atoms with Crippen LogP contribution in [-0.4, -0.2) is 11.0 Å². The zero-order chi connectivity index (χ0) is 15.2. The number of rotatable bonds is 5. The number of hydrogen-bond acceptors (Lipinski definition) is 3. The molecule has 110 valence electrons. The van der Waals surface area contributed by atoms with Gasteiger partial charge in [-0.05, 0) is 17.7 Å². The molecule has 0 bridgehead atoms. The number of oxime groups is 1. The van der Waals surface area contributed by atoms with E-state index in [1.54, 1.807) is 12.1 Å². The number of benzene rings is 2. The van der Waals surface area contributed by atoms with E-state index in [0.29, 0.717) is 0 Å². The summed E-state index contributed by atoms with van der Waals surface area (Å²) in [5.41, 5.74) is 6.73. The zero-order valence-corrected chi connectivity index (χ0v) is 11.9. The van der Waals surface area contributed by atoms with Crippen LogP contribution in [0.25, 0.3) is 0 Å². The molecule has 1 unspecified atom stereocenters. The number of nitrogens with zero attached hydrogens (tertiary/aromatic N) is 1. The molecule has 6 heteroatoms. The first-order valence-electron chi connectivity index (χ1n) is 6.33. The number of nitrogens with one attached hydrogen (secondary N) is 1. The Morgan fingerprint density at radius 1 is 1.24 bits per heavy atom. The molecule has 0 spiro atoms. The molecule has 0 aliphatic heterocycles. The molecule has 0 aromatic heterocycles. The van der Waals surface area contributed by atoms with Crippen molar-refractivity contribution in [3.8, 4) is 0 Å². The first-order chi connectivity index (χ1) is 10.1. The van der Waals surface area contributed by atoms with Crippen LogP contribution in [0.4, 0.5) is 10.1 Å². The first-order valence-corrected chi connectivity index (χ1v) is 6.71. The summed E-state index contributed by atoms with van der Waals surface area (Å²) in [5.74, 6) is -0.474. The van der Waals surface area contributed by atoms with Gasteiger partial charge in [-0.15, -0.1) is 0 Å². The monoisotopic (exact) mass is 307 g/mol. The summed E-state index contributed by atoms with van der Waals surface area (Å²) < 4.78 is 14.0. The number of nitrogens with two attached hydrogens (primary N) is 1. The van der Waals surface area contributed by atoms with Crippen molar-refractivity contribution >= 4 is 23.1 Å². The van der Waals surface area contributed by atoms with Gasteiger partial charge in [-0.3, -0.25) is 0 Å². The highest BCUT2D eigenvalue weighted by atomic mass is 35.5. The Morgan fingerprint density at radius 3 is 2.62 bits per heavy atom. The van der Waals surface area contributed by atoms with Gasteiger partial charge in [-0.1, -0.05) is 53.2 Å². The Morgan fingerprint density at radius 2 is 1.95 bits per heavy atom. The normalized spacial score (nSPS) is 13.0. The van der Waals surface area contributed by atoms with Crippen LogP contribution < -0.4 is 11.1 Å². The smallest absolute Gasteiger partial charge is 0.164 e. The lowest BCUT2D eigenvalue weighted by Gasteiger charge is -2.20. The lowest BCUT2D eigenvalue weighted by molar-refractivity contribution is 0.316. The van der Waals surface area contributed by atoms with Gasteiger partial charge < -0.3 is 16.3 Å². The Bertz CT molecular complexity index is 634. The lowest BCUT2D eigenvalue weighted by atomic mass is 10.0. The van der Waals surface area contributed by atoms with Crippen molar-refractivity contribution in [1.29, 1.82) is 0 Å². The summed E-state index contributed by atoms with van der Waals surface area (Å²) in [5, 5.41) is 14.8. The van der Waals surface area contributed by atoms with Gasteiger partial charge in [0, 0.05) is 6.42 Å². The number of anilines is 1. The van der Waals surface area contributed by atoms with Crippen molar-refractivity contribution in [2.45, 2.75) is 12.5 Å². The van der Waals surface area contributed by atoms with Crippen LogP contribution >= 0.6 is 11.6 Å². The minimum Gasteiger partial charge on any atom is -0.409 e. The number of halogens is 2. The molecule has 2 aromatic carbocycles. The summed E-state index contributed by atoms with van der Waals surface area (Å²) in [6, 6.07) is 13.7. The largest absolute Gasteiger partial charge is 0.409 e. The summed E-state index contributed by atoms with van der Waals surface area (Å²) in [4.78, 5) is 0. The van der Waals surface area contributed by atoms with Crippen LogP contribution in [0.3, 0.4) is 0 Å². The standard InChI is InChI=1S/C15H15ClFN3O/c16-11-7-4-8-12(15(11)17)19-13(9-14(18)20-21)10-5-2-1-3-6-10/h1-8,13,19,21H,9H2,(H2,18,20). The van der Waals surface area contributed by atoms with Gasteiger partial charge in [-0.2, -0.15) is 0 Å². The Balaban J connectivity index is 2.30. The fraction of sp³-hybridized carbons (Fsp3) is 0.133. The molecule has 0 heterocycles. The predicted molar refractivity (Wildman–Crippen MR) is 82.2 cm³/mol. The number of hydrogen-bond donors (Lipinski definition) is 3. The van der Waals surface area contributed by atoms with E-state index >= 15 is 0 Å². The second-order valence-electron chi connectivity index (χ2n) is 4.50. The van der Waals surface area contributed by atoms with E-state index in [-0.39, 0.29) is 29.0 Å². The molecular formula is C15H15ClFN3O. The predicted octanol–water partition coefficient (Wildman–Crippen LogP) is 3.77. The van der Waals surface area contributed by atoms with Crippen LogP contribution in [0.15, 0.2) is 53.7 Å². The summed E-state index contributed by atoms with van der Waals surface area (Å²) in [7, 11) is 0. The SMILES string of the molecule is NC(CC(Nc1cccc(Cl)c1F)c1ccccc1)=NO. The Labute approximate surface area is 127 Å². The summed E-state index contributed by atoms with van der Waals surface area (Å²) in [6.07, 6.45) is 0.229. The maximum atomic E-state index is 14.0. The van der Waals surface area contributed by atoms with Gasteiger partial charge in [0.1, 0.15) is 5.84 Å². The lowest BCUT2D eigenvalue weighted by Crippen LogP contribution is -2.21. The Kier molecular flexibility index (Phi) is 5.00. The van der Waals surface area contributed by atoms with E-state index in [1.807, 2.05) is 30.3 Å². The summed E-state index contributed by atoms with van der Waals surface area (Å²) in [6.45, 7) is 0. The van der Waals surface area contributed by atoms with Gasteiger partial charge in [-0.25, -0.2) is 4.39 Å². The van der Waals surface area contributed by atoms with Crippen molar-refractivity contribution in [1.82, 2.24) is 0 Å². The van der Waals surface area contributed by atoms with E-state index in [9.17, 15) is 4.39 Å². The summed E-state index contributed by atoms with van der Waals surface area (Å²) >= 11 is 5.77. The fourth-order valence-electron chi connectivity index (χ4n) is 1.99. The van der Waals surface area contributed by atoms with Crippen LogP contribution in [0.2, 0.25) is 5.02 Å². The van der Waals surface area contributed by atoms with Crippen LogP contribution in [-0.2, 0) is 0 Å². The molecule has 1 atom stereocenters. The molecule has 0 fully saturated rings. The third kappa shape index (κ3) is 3.86. The fourth-order valence-corrected chi connectivity index (χ4v) is 2.17. The third-order valence-electron chi connectivity index (χ3n) is 3.02. The van der Waals surface area contributed by atoms with Crippen LogP contribution in [0.1, 0.15) is 18.0 Å². The highest BCUT2D eigenvalue weighted by Crippen LogP contribution is 2.27. The van der Waals surface area contributed by atoms with Gasteiger partial charge in [0.25, 0.3) is 0 Å². The second-order valence-corrected chi connectivity index (χ2v) is 4.91. The van der Waals surface area contributed by atoms with E-state index in [2.05, 4.69) is 10.5 Å². The first kappa shape index (κ1) is 15.1. The van der Waals surface area contributed by atoms with Gasteiger partial charge in [0.2, 0.25) is 0 Å². The average Bonchev–Trinajstić information content (AvgIpc) is 2.51. The molecule has 0 aliphatic rings. The molecule has 4 nitrogen and oxygen atoms in total.